The van der Waals surface area contributed by atoms with Gasteiger partial charge in [-0.15, -0.1) is 0 Å². The van der Waals surface area contributed by atoms with Gasteiger partial charge >= 0.3 is 0 Å². The molecule has 1 atom stereocenters. The minimum absolute atomic E-state index is 0.256. The molecule has 0 aliphatic heterocycles. The van der Waals surface area contributed by atoms with Gasteiger partial charge in [0.05, 0.1) is 0 Å². The van der Waals surface area contributed by atoms with Crippen LogP contribution in [0.5, 0.6) is 0 Å². The molecule has 3 heteroatoms. The summed E-state index contributed by atoms with van der Waals surface area (Å²) in [5.74, 6) is 0. The molecule has 1 aromatic carbocycles. The zero-order valence-corrected chi connectivity index (χ0v) is 11.4. The van der Waals surface area contributed by atoms with Crippen LogP contribution in [0.3, 0.4) is 0 Å². The fourth-order valence-electron chi connectivity index (χ4n) is 2.00. The van der Waals surface area contributed by atoms with Gasteiger partial charge in [0, 0.05) is 30.0 Å². The molecule has 0 fully saturated rings. The number of hydrogen-bond acceptors (Lipinski definition) is 1. The van der Waals surface area contributed by atoms with Gasteiger partial charge in [0.25, 0.3) is 0 Å². The highest BCUT2D eigenvalue weighted by molar-refractivity contribution is 6.30. The summed E-state index contributed by atoms with van der Waals surface area (Å²) in [5, 5.41) is 0.785. The number of benzene rings is 1. The van der Waals surface area contributed by atoms with Crippen molar-refractivity contribution in [2.75, 3.05) is 0 Å². The summed E-state index contributed by atoms with van der Waals surface area (Å²) in [6.45, 7) is 2.97. The zero-order valence-electron chi connectivity index (χ0n) is 10.6. The molecule has 0 radical (unpaired) electrons. The van der Waals surface area contributed by atoms with E-state index < -0.39 is 0 Å². The number of hydrogen-bond donors (Lipinski definition) is 1. The second kappa shape index (κ2) is 6.07. The molecule has 1 unspecified atom stereocenters. The van der Waals surface area contributed by atoms with Crippen molar-refractivity contribution in [3.8, 4) is 0 Å². The largest absolute Gasteiger partial charge is 0.350 e. The Hall–Kier alpha value is -1.25. The number of aromatic nitrogens is 1. The smallest absolute Gasteiger partial charge is 0.0470 e. The maximum atomic E-state index is 5.98. The number of nitrogens with two attached hydrogens (primary N) is 1. The van der Waals surface area contributed by atoms with Gasteiger partial charge in [0.1, 0.15) is 0 Å². The molecule has 0 saturated heterocycles. The molecule has 2 aromatic rings. The topological polar surface area (TPSA) is 30.9 Å². The molecule has 2 rings (SSSR count). The molecule has 0 saturated carbocycles. The van der Waals surface area contributed by atoms with Crippen molar-refractivity contribution in [3.63, 3.8) is 0 Å². The van der Waals surface area contributed by atoms with Gasteiger partial charge in [0.2, 0.25) is 0 Å². The third-order valence-corrected chi connectivity index (χ3v) is 3.32. The van der Waals surface area contributed by atoms with E-state index in [9.17, 15) is 0 Å². The molecule has 0 aliphatic carbocycles. The Morgan fingerprint density at radius 1 is 1.28 bits per heavy atom. The maximum absolute atomic E-state index is 5.98. The molecule has 1 aromatic heterocycles. The molecule has 2 N–H and O–H groups in total. The van der Waals surface area contributed by atoms with Crippen molar-refractivity contribution < 1.29 is 0 Å². The lowest BCUT2D eigenvalue weighted by molar-refractivity contribution is 0.645. The Morgan fingerprint density at radius 2 is 2.11 bits per heavy atom. The normalized spacial score (nSPS) is 12.6. The fourth-order valence-corrected chi connectivity index (χ4v) is 2.22. The van der Waals surface area contributed by atoms with Crippen LogP contribution in [0.1, 0.15) is 24.5 Å². The number of halogens is 1. The first-order chi connectivity index (χ1) is 8.67. The molecule has 0 amide bonds. The molecule has 0 spiro atoms. The van der Waals surface area contributed by atoms with E-state index >= 15 is 0 Å². The minimum Gasteiger partial charge on any atom is -0.350 e. The Balaban J connectivity index is 2.02. The highest BCUT2D eigenvalue weighted by Gasteiger charge is 2.03. The highest BCUT2D eigenvalue weighted by Crippen LogP contribution is 2.13. The van der Waals surface area contributed by atoms with E-state index in [4.69, 9.17) is 17.3 Å². The second-order valence-electron chi connectivity index (χ2n) is 4.69. The van der Waals surface area contributed by atoms with Gasteiger partial charge in [-0.2, -0.15) is 0 Å². The van der Waals surface area contributed by atoms with Crippen LogP contribution in [0.4, 0.5) is 0 Å². The summed E-state index contributed by atoms with van der Waals surface area (Å²) in [6, 6.07) is 10.4. The van der Waals surface area contributed by atoms with Gasteiger partial charge in [-0.3, -0.25) is 0 Å². The van der Waals surface area contributed by atoms with E-state index in [2.05, 4.69) is 36.0 Å². The maximum Gasteiger partial charge on any atom is 0.0470 e. The molecule has 0 aliphatic rings. The minimum atomic E-state index is 0.256. The molecule has 96 valence electrons. The first kappa shape index (κ1) is 13.2. The van der Waals surface area contributed by atoms with E-state index in [0.717, 1.165) is 24.4 Å². The first-order valence-corrected chi connectivity index (χ1v) is 6.70. The molecule has 18 heavy (non-hydrogen) atoms. The van der Waals surface area contributed by atoms with E-state index in [1.165, 1.54) is 11.1 Å². The lowest BCUT2D eigenvalue weighted by atomic mass is 10.1. The van der Waals surface area contributed by atoms with Crippen molar-refractivity contribution in [1.29, 1.82) is 0 Å². The van der Waals surface area contributed by atoms with Gasteiger partial charge in [-0.1, -0.05) is 30.7 Å². The van der Waals surface area contributed by atoms with Crippen molar-refractivity contribution in [2.45, 2.75) is 32.4 Å². The van der Waals surface area contributed by atoms with Crippen molar-refractivity contribution in [3.05, 3.63) is 58.9 Å². The van der Waals surface area contributed by atoms with Gasteiger partial charge < -0.3 is 10.3 Å². The van der Waals surface area contributed by atoms with E-state index in [-0.39, 0.29) is 6.04 Å². The Morgan fingerprint density at radius 3 is 2.83 bits per heavy atom. The van der Waals surface area contributed by atoms with Crippen molar-refractivity contribution in [2.24, 2.45) is 5.73 Å². The number of rotatable bonds is 5. The first-order valence-electron chi connectivity index (χ1n) is 6.32. The van der Waals surface area contributed by atoms with Crippen LogP contribution in [0, 0.1) is 0 Å². The zero-order chi connectivity index (χ0) is 13.0. The van der Waals surface area contributed by atoms with E-state index in [1.807, 2.05) is 18.2 Å². The summed E-state index contributed by atoms with van der Waals surface area (Å²) in [4.78, 5) is 0. The highest BCUT2D eigenvalue weighted by atomic mass is 35.5. The van der Waals surface area contributed by atoms with E-state index in [1.54, 1.807) is 0 Å². The third kappa shape index (κ3) is 3.62. The summed E-state index contributed by atoms with van der Waals surface area (Å²) in [5.41, 5.74) is 8.47. The monoisotopic (exact) mass is 262 g/mol. The average Bonchev–Trinajstić information content (AvgIpc) is 2.76. The van der Waals surface area contributed by atoms with E-state index in [0.29, 0.717) is 0 Å². The number of nitrogens with zero attached hydrogens (tertiary/aromatic N) is 1. The summed E-state index contributed by atoms with van der Waals surface area (Å²) >= 11 is 5.98. The predicted octanol–water partition coefficient (Wildman–Crippen LogP) is 3.47. The van der Waals surface area contributed by atoms with Crippen LogP contribution in [-0.2, 0) is 13.0 Å². The second-order valence-corrected chi connectivity index (χ2v) is 5.13. The standard InChI is InChI=1S/C15H19ClN2/c1-2-15(17)9-13-6-7-18(11-13)10-12-4-3-5-14(16)8-12/h3-8,11,15H,2,9-10,17H2,1H3. The average molecular weight is 263 g/mol. The van der Waals surface area contributed by atoms with Gasteiger partial charge in [0.15, 0.2) is 0 Å². The lowest BCUT2D eigenvalue weighted by Crippen LogP contribution is -2.21. The summed E-state index contributed by atoms with van der Waals surface area (Å²) in [6.07, 6.45) is 6.22. The molecule has 0 bridgehead atoms. The SMILES string of the molecule is CCC(N)Cc1ccn(Cc2cccc(Cl)c2)c1. The van der Waals surface area contributed by atoms with Gasteiger partial charge in [-0.05, 0) is 42.2 Å². The van der Waals surface area contributed by atoms with Crippen LogP contribution in [0.2, 0.25) is 5.02 Å². The van der Waals surface area contributed by atoms with Gasteiger partial charge in [-0.25, -0.2) is 0 Å². The Bertz CT molecular complexity index is 505. The third-order valence-electron chi connectivity index (χ3n) is 3.09. The van der Waals surface area contributed by atoms with Crippen LogP contribution in [-0.4, -0.2) is 10.6 Å². The molecule has 2 nitrogen and oxygen atoms in total. The van der Waals surface area contributed by atoms with Crippen LogP contribution < -0.4 is 5.73 Å². The van der Waals surface area contributed by atoms with Crippen LogP contribution >= 0.6 is 11.6 Å². The summed E-state index contributed by atoms with van der Waals surface area (Å²) < 4.78 is 2.17. The van der Waals surface area contributed by atoms with Crippen molar-refractivity contribution >= 4 is 11.6 Å². The molecule has 1 heterocycles. The Kier molecular flexibility index (Phi) is 4.45. The van der Waals surface area contributed by atoms with Crippen LogP contribution in [0.25, 0.3) is 0 Å². The summed E-state index contributed by atoms with van der Waals surface area (Å²) in [7, 11) is 0. The predicted molar refractivity (Wildman–Crippen MR) is 77.0 cm³/mol. The Labute approximate surface area is 113 Å². The quantitative estimate of drug-likeness (QED) is 0.879. The van der Waals surface area contributed by atoms with Crippen LogP contribution in [0.15, 0.2) is 42.7 Å². The fraction of sp³-hybridized carbons (Fsp3) is 0.333. The van der Waals surface area contributed by atoms with Crippen molar-refractivity contribution in [1.82, 2.24) is 4.57 Å². The molecular weight excluding hydrogens is 244 g/mol. The lowest BCUT2D eigenvalue weighted by Gasteiger charge is -2.06. The molecular formula is C15H19ClN2.